The molecule has 0 bridgehead atoms. The number of amides is 1. The summed E-state index contributed by atoms with van der Waals surface area (Å²) in [6, 6.07) is 12.5. The lowest BCUT2D eigenvalue weighted by Gasteiger charge is -2.14. The van der Waals surface area contributed by atoms with E-state index in [1.54, 1.807) is 39.5 Å². The van der Waals surface area contributed by atoms with Gasteiger partial charge in [-0.2, -0.15) is 0 Å². The molecule has 0 fully saturated rings. The molecule has 1 heterocycles. The van der Waals surface area contributed by atoms with E-state index in [4.69, 9.17) is 25.8 Å². The van der Waals surface area contributed by atoms with Gasteiger partial charge in [-0.1, -0.05) is 29.8 Å². The van der Waals surface area contributed by atoms with Crippen molar-refractivity contribution in [1.29, 1.82) is 0 Å². The summed E-state index contributed by atoms with van der Waals surface area (Å²) in [6.45, 7) is 0.282. The number of fused-ring (bicyclic) bond motifs is 1. The van der Waals surface area contributed by atoms with Gasteiger partial charge in [-0.05, 0) is 29.8 Å². The van der Waals surface area contributed by atoms with Crippen molar-refractivity contribution >= 4 is 28.4 Å². The number of para-hydroxylation sites is 1. The normalized spacial score (nSPS) is 10.5. The first-order valence-electron chi connectivity index (χ1n) is 8.19. The van der Waals surface area contributed by atoms with Gasteiger partial charge < -0.3 is 19.5 Å². The Morgan fingerprint density at radius 3 is 2.33 bits per heavy atom. The molecule has 0 atom stereocenters. The number of methoxy groups -OCH3 is 3. The van der Waals surface area contributed by atoms with Gasteiger partial charge in [0.05, 0.1) is 32.4 Å². The Morgan fingerprint density at radius 1 is 1.04 bits per heavy atom. The lowest BCUT2D eigenvalue weighted by molar-refractivity contribution is 0.0952. The van der Waals surface area contributed by atoms with Crippen LogP contribution < -0.4 is 19.5 Å². The van der Waals surface area contributed by atoms with Crippen LogP contribution in [0.4, 0.5) is 0 Å². The molecule has 6 nitrogen and oxygen atoms in total. The lowest BCUT2D eigenvalue weighted by atomic mass is 10.1. The number of carbonyl (C=O) groups is 1. The molecule has 0 aliphatic carbocycles. The van der Waals surface area contributed by atoms with Crippen molar-refractivity contribution in [3.05, 3.63) is 58.7 Å². The Kier molecular flexibility index (Phi) is 5.66. The van der Waals surface area contributed by atoms with Crippen molar-refractivity contribution < 1.29 is 19.0 Å². The first-order valence-corrected chi connectivity index (χ1v) is 8.57. The Bertz CT molecular complexity index is 966. The summed E-state index contributed by atoms with van der Waals surface area (Å²) in [5, 5.41) is 3.91. The molecule has 3 aromatic rings. The minimum absolute atomic E-state index is 0.246. The van der Waals surface area contributed by atoms with Crippen LogP contribution >= 0.6 is 11.6 Å². The molecule has 27 heavy (non-hydrogen) atoms. The van der Waals surface area contributed by atoms with Crippen molar-refractivity contribution in [2.45, 2.75) is 6.54 Å². The molecule has 0 radical (unpaired) electrons. The van der Waals surface area contributed by atoms with E-state index < -0.39 is 0 Å². The number of hydrogen-bond acceptors (Lipinski definition) is 5. The van der Waals surface area contributed by atoms with Crippen molar-refractivity contribution in [3.8, 4) is 17.2 Å². The van der Waals surface area contributed by atoms with E-state index in [1.807, 2.05) is 24.3 Å². The Labute approximate surface area is 162 Å². The molecule has 0 saturated heterocycles. The monoisotopic (exact) mass is 386 g/mol. The minimum Gasteiger partial charge on any atom is -0.493 e. The van der Waals surface area contributed by atoms with E-state index in [9.17, 15) is 4.79 Å². The maximum absolute atomic E-state index is 12.7. The largest absolute Gasteiger partial charge is 0.493 e. The Hall–Kier alpha value is -2.99. The molecule has 0 saturated carbocycles. The highest BCUT2D eigenvalue weighted by Gasteiger charge is 2.15. The summed E-state index contributed by atoms with van der Waals surface area (Å²) in [4.78, 5) is 17.0. The van der Waals surface area contributed by atoms with Gasteiger partial charge in [0.15, 0.2) is 11.5 Å². The number of pyridine rings is 1. The molecule has 140 valence electrons. The predicted molar refractivity (Wildman–Crippen MR) is 104 cm³/mol. The lowest BCUT2D eigenvalue weighted by Crippen LogP contribution is -2.23. The van der Waals surface area contributed by atoms with Gasteiger partial charge in [0, 0.05) is 11.9 Å². The van der Waals surface area contributed by atoms with Crippen LogP contribution in [0.2, 0.25) is 5.15 Å². The van der Waals surface area contributed by atoms with Crippen LogP contribution in [0, 0.1) is 0 Å². The van der Waals surface area contributed by atoms with Crippen molar-refractivity contribution in [2.75, 3.05) is 21.3 Å². The highest BCUT2D eigenvalue weighted by Crippen LogP contribution is 2.38. The molecule has 1 aromatic heterocycles. The minimum atomic E-state index is -0.246. The molecule has 2 aromatic carbocycles. The predicted octanol–water partition coefficient (Wildman–Crippen LogP) is 3.84. The number of aromatic nitrogens is 1. The number of rotatable bonds is 6. The molecule has 0 aliphatic rings. The number of nitrogens with one attached hydrogen (secondary N) is 1. The number of halogens is 1. The molecule has 0 unspecified atom stereocenters. The number of carbonyl (C=O) groups excluding carboxylic acids is 1. The molecule has 1 amide bonds. The van der Waals surface area contributed by atoms with Crippen LogP contribution in [0.1, 0.15) is 15.9 Å². The average molecular weight is 387 g/mol. The fraction of sp³-hybridized carbons (Fsp3) is 0.200. The topological polar surface area (TPSA) is 69.7 Å². The Balaban J connectivity index is 1.86. The van der Waals surface area contributed by atoms with Gasteiger partial charge in [-0.15, -0.1) is 0 Å². The van der Waals surface area contributed by atoms with Crippen LogP contribution in [-0.4, -0.2) is 32.2 Å². The van der Waals surface area contributed by atoms with Crippen LogP contribution in [0.25, 0.3) is 10.9 Å². The van der Waals surface area contributed by atoms with Gasteiger partial charge in [0.25, 0.3) is 5.91 Å². The second kappa shape index (κ2) is 8.14. The summed E-state index contributed by atoms with van der Waals surface area (Å²) < 4.78 is 16.0. The van der Waals surface area contributed by atoms with E-state index in [0.717, 1.165) is 10.9 Å². The highest BCUT2D eigenvalue weighted by molar-refractivity contribution is 6.30. The smallest absolute Gasteiger partial charge is 0.252 e. The summed E-state index contributed by atoms with van der Waals surface area (Å²) in [5.74, 6) is 1.31. The zero-order valence-electron chi connectivity index (χ0n) is 15.2. The van der Waals surface area contributed by atoms with Gasteiger partial charge >= 0.3 is 0 Å². The summed E-state index contributed by atoms with van der Waals surface area (Å²) >= 11 is 6.06. The first kappa shape index (κ1) is 18.8. The zero-order chi connectivity index (χ0) is 19.4. The number of benzene rings is 2. The molecular weight excluding hydrogens is 368 g/mol. The molecule has 0 aliphatic heterocycles. The Morgan fingerprint density at radius 2 is 1.70 bits per heavy atom. The second-order valence-corrected chi connectivity index (χ2v) is 6.11. The standard InChI is InChI=1S/C20H19ClN2O4/c1-25-16-8-12(9-17(26-2)19(16)27-3)11-22-20(24)14-10-18(21)23-15-7-5-4-6-13(14)15/h4-10H,11H2,1-3H3,(H,22,24). The fourth-order valence-corrected chi connectivity index (χ4v) is 3.05. The van der Waals surface area contributed by atoms with Crippen molar-refractivity contribution in [3.63, 3.8) is 0 Å². The molecular formula is C20H19ClN2O4. The van der Waals surface area contributed by atoms with Crippen LogP contribution in [0.15, 0.2) is 42.5 Å². The van der Waals surface area contributed by atoms with Crippen molar-refractivity contribution in [2.24, 2.45) is 0 Å². The van der Waals surface area contributed by atoms with Crippen LogP contribution in [0.5, 0.6) is 17.2 Å². The molecule has 7 heteroatoms. The summed E-state index contributed by atoms with van der Waals surface area (Å²) in [6.07, 6.45) is 0. The maximum atomic E-state index is 12.7. The first-order chi connectivity index (χ1) is 13.1. The highest BCUT2D eigenvalue weighted by atomic mass is 35.5. The molecule has 1 N–H and O–H groups in total. The third-order valence-corrected chi connectivity index (χ3v) is 4.30. The van der Waals surface area contributed by atoms with Gasteiger partial charge in [0.2, 0.25) is 5.75 Å². The van der Waals surface area contributed by atoms with E-state index >= 15 is 0 Å². The van der Waals surface area contributed by atoms with E-state index in [-0.39, 0.29) is 17.6 Å². The molecule has 0 spiro atoms. The van der Waals surface area contributed by atoms with Crippen molar-refractivity contribution in [1.82, 2.24) is 10.3 Å². The van der Waals surface area contributed by atoms with E-state index in [1.165, 1.54) is 0 Å². The van der Waals surface area contributed by atoms with Gasteiger partial charge in [-0.3, -0.25) is 4.79 Å². The second-order valence-electron chi connectivity index (χ2n) is 5.73. The summed E-state index contributed by atoms with van der Waals surface area (Å²) in [5.41, 5.74) is 1.95. The quantitative estimate of drug-likeness (QED) is 0.652. The fourth-order valence-electron chi connectivity index (χ4n) is 2.85. The van der Waals surface area contributed by atoms with E-state index in [2.05, 4.69) is 10.3 Å². The van der Waals surface area contributed by atoms with Gasteiger partial charge in [0.1, 0.15) is 5.15 Å². The van der Waals surface area contributed by atoms with E-state index in [0.29, 0.717) is 28.3 Å². The molecule has 3 rings (SSSR count). The third kappa shape index (κ3) is 3.90. The number of ether oxygens (including phenoxy) is 3. The number of nitrogens with zero attached hydrogens (tertiary/aromatic N) is 1. The van der Waals surface area contributed by atoms with Gasteiger partial charge in [-0.25, -0.2) is 4.98 Å². The van der Waals surface area contributed by atoms with Crippen LogP contribution in [0.3, 0.4) is 0 Å². The van der Waals surface area contributed by atoms with Crippen LogP contribution in [-0.2, 0) is 6.54 Å². The summed E-state index contributed by atoms with van der Waals surface area (Å²) in [7, 11) is 4.63. The third-order valence-electron chi connectivity index (χ3n) is 4.11. The SMILES string of the molecule is COc1cc(CNC(=O)c2cc(Cl)nc3ccccc23)cc(OC)c1OC. The number of hydrogen-bond donors (Lipinski definition) is 1. The maximum Gasteiger partial charge on any atom is 0.252 e. The average Bonchev–Trinajstić information content (AvgIpc) is 2.70. The zero-order valence-corrected chi connectivity index (χ0v) is 16.0.